The first-order chi connectivity index (χ1) is 8.62. The molecule has 1 aromatic heterocycles. The van der Waals surface area contributed by atoms with Crippen LogP contribution in [0.25, 0.3) is 10.1 Å². The van der Waals surface area contributed by atoms with Crippen molar-refractivity contribution in [1.29, 1.82) is 0 Å². The molecule has 94 valence electrons. The van der Waals surface area contributed by atoms with Crippen molar-refractivity contribution >= 4 is 33.5 Å². The fourth-order valence-electron chi connectivity index (χ4n) is 1.62. The predicted octanol–water partition coefficient (Wildman–Crippen LogP) is 2.44. The Morgan fingerprint density at radius 2 is 2.06 bits per heavy atom. The zero-order valence-corrected chi connectivity index (χ0v) is 10.5. The Kier molecular flexibility index (Phi) is 3.29. The van der Waals surface area contributed by atoms with Crippen molar-refractivity contribution in [3.63, 3.8) is 0 Å². The van der Waals surface area contributed by atoms with E-state index in [2.05, 4.69) is 0 Å². The molecule has 0 unspecified atom stereocenters. The van der Waals surface area contributed by atoms with Crippen LogP contribution in [0.4, 0.5) is 4.39 Å². The van der Waals surface area contributed by atoms with Crippen LogP contribution in [0.3, 0.4) is 0 Å². The largest absolute Gasteiger partial charge is 0.493 e. The number of thiophene rings is 1. The molecule has 0 aliphatic heterocycles. The minimum Gasteiger partial charge on any atom is -0.493 e. The highest BCUT2D eigenvalue weighted by molar-refractivity contribution is 7.21. The Hall–Kier alpha value is -1.95. The Labute approximate surface area is 106 Å². The van der Waals surface area contributed by atoms with Crippen LogP contribution < -0.4 is 9.47 Å². The van der Waals surface area contributed by atoms with Gasteiger partial charge in [0.25, 0.3) is 0 Å². The summed E-state index contributed by atoms with van der Waals surface area (Å²) in [5.74, 6) is -1.05. The number of fused-ring (bicyclic) bond motifs is 1. The molecule has 1 aromatic carbocycles. The van der Waals surface area contributed by atoms with Crippen LogP contribution in [0.2, 0.25) is 0 Å². The molecule has 0 fully saturated rings. The summed E-state index contributed by atoms with van der Waals surface area (Å²) in [6, 6.07) is 2.91. The Bertz CT molecular complexity index is 633. The number of hydrogen-bond acceptors (Lipinski definition) is 5. The van der Waals surface area contributed by atoms with Crippen molar-refractivity contribution in [2.24, 2.45) is 0 Å². The fourth-order valence-corrected chi connectivity index (χ4v) is 2.61. The number of hydrogen-bond donors (Lipinski definition) is 0. The Morgan fingerprint density at radius 1 is 1.33 bits per heavy atom. The molecular formula is C12H9FO4S. The number of rotatable bonds is 4. The van der Waals surface area contributed by atoms with E-state index in [0.29, 0.717) is 4.70 Å². The molecule has 0 N–H and O–H groups in total. The van der Waals surface area contributed by atoms with E-state index >= 15 is 0 Å². The highest BCUT2D eigenvalue weighted by Crippen LogP contribution is 2.39. The van der Waals surface area contributed by atoms with Gasteiger partial charge in [0.1, 0.15) is 0 Å². The molecule has 0 saturated heterocycles. The second-order valence-electron chi connectivity index (χ2n) is 3.43. The van der Waals surface area contributed by atoms with Crippen LogP contribution in [-0.4, -0.2) is 26.3 Å². The van der Waals surface area contributed by atoms with Gasteiger partial charge in [0, 0.05) is 16.2 Å². The third kappa shape index (κ3) is 1.84. The maximum absolute atomic E-state index is 14.1. The second-order valence-corrected chi connectivity index (χ2v) is 4.51. The molecule has 0 aliphatic carbocycles. The van der Waals surface area contributed by atoms with Crippen molar-refractivity contribution in [3.8, 4) is 11.5 Å². The van der Waals surface area contributed by atoms with Gasteiger partial charge in [-0.05, 0) is 6.07 Å². The molecule has 0 spiro atoms. The van der Waals surface area contributed by atoms with Crippen LogP contribution in [-0.2, 0) is 4.79 Å². The van der Waals surface area contributed by atoms with Crippen LogP contribution in [0.5, 0.6) is 11.5 Å². The van der Waals surface area contributed by atoms with E-state index in [-0.39, 0.29) is 28.0 Å². The fraction of sp³-hybridized carbons (Fsp3) is 0.167. The van der Waals surface area contributed by atoms with E-state index in [0.717, 1.165) is 11.3 Å². The lowest BCUT2D eigenvalue weighted by Gasteiger charge is -2.08. The van der Waals surface area contributed by atoms with Gasteiger partial charge in [-0.1, -0.05) is 0 Å². The van der Waals surface area contributed by atoms with Gasteiger partial charge >= 0.3 is 0 Å². The van der Waals surface area contributed by atoms with Gasteiger partial charge in [0.05, 0.1) is 19.1 Å². The normalized spacial score (nSPS) is 10.4. The van der Waals surface area contributed by atoms with Gasteiger partial charge in [-0.3, -0.25) is 9.59 Å². The van der Waals surface area contributed by atoms with Gasteiger partial charge in [0.15, 0.2) is 23.6 Å². The van der Waals surface area contributed by atoms with Gasteiger partial charge in [0.2, 0.25) is 5.78 Å². The number of aldehydes is 1. The third-order valence-corrected chi connectivity index (χ3v) is 3.55. The number of benzene rings is 1. The summed E-state index contributed by atoms with van der Waals surface area (Å²) >= 11 is 1.04. The van der Waals surface area contributed by atoms with Crippen LogP contribution in [0, 0.1) is 5.82 Å². The second kappa shape index (κ2) is 4.73. The zero-order valence-electron chi connectivity index (χ0n) is 9.65. The lowest BCUT2D eigenvalue weighted by molar-refractivity contribution is -0.104. The van der Waals surface area contributed by atoms with Crippen molar-refractivity contribution < 1.29 is 23.5 Å². The van der Waals surface area contributed by atoms with E-state index in [9.17, 15) is 14.0 Å². The average Bonchev–Trinajstić information content (AvgIpc) is 2.81. The van der Waals surface area contributed by atoms with Crippen LogP contribution >= 0.6 is 11.3 Å². The molecule has 0 amide bonds. The van der Waals surface area contributed by atoms with E-state index in [1.807, 2.05) is 0 Å². The zero-order chi connectivity index (χ0) is 13.3. The maximum atomic E-state index is 14.1. The number of ketones is 1. The van der Waals surface area contributed by atoms with Crippen molar-refractivity contribution in [3.05, 3.63) is 22.8 Å². The number of Topliss-reactive ketones (excluding diaryl/α,β-unsaturated/α-hetero) is 1. The molecule has 0 saturated carbocycles. The van der Waals surface area contributed by atoms with Crippen LogP contribution in [0.1, 0.15) is 9.67 Å². The lowest BCUT2D eigenvalue weighted by atomic mass is 10.2. The smallest absolute Gasteiger partial charge is 0.235 e. The van der Waals surface area contributed by atoms with E-state index in [1.54, 1.807) is 6.07 Å². The van der Waals surface area contributed by atoms with Gasteiger partial charge in [-0.15, -0.1) is 11.3 Å². The quantitative estimate of drug-likeness (QED) is 0.485. The molecule has 0 atom stereocenters. The highest BCUT2D eigenvalue weighted by Gasteiger charge is 2.19. The van der Waals surface area contributed by atoms with E-state index < -0.39 is 11.6 Å². The number of carbonyl (C=O) groups excluding carboxylic acids is 2. The minimum absolute atomic E-state index is 0.0205. The van der Waals surface area contributed by atoms with E-state index in [1.165, 1.54) is 20.3 Å². The first kappa shape index (κ1) is 12.5. The number of carbonyl (C=O) groups is 2. The van der Waals surface area contributed by atoms with E-state index in [4.69, 9.17) is 9.47 Å². The molecule has 0 radical (unpaired) electrons. The number of methoxy groups -OCH3 is 2. The molecule has 1 heterocycles. The summed E-state index contributed by atoms with van der Waals surface area (Å²) in [5, 5.41) is 0.239. The summed E-state index contributed by atoms with van der Waals surface area (Å²) in [6.45, 7) is 0. The third-order valence-electron chi connectivity index (χ3n) is 2.46. The number of halogens is 1. The molecule has 0 bridgehead atoms. The maximum Gasteiger partial charge on any atom is 0.235 e. The minimum atomic E-state index is -0.673. The Balaban J connectivity index is 2.73. The summed E-state index contributed by atoms with van der Waals surface area (Å²) in [6.07, 6.45) is 0.205. The summed E-state index contributed by atoms with van der Waals surface area (Å²) in [7, 11) is 2.73. The van der Waals surface area contributed by atoms with Gasteiger partial charge in [-0.25, -0.2) is 4.39 Å². The summed E-state index contributed by atoms with van der Waals surface area (Å²) < 4.78 is 24.6. The topological polar surface area (TPSA) is 52.6 Å². The lowest BCUT2D eigenvalue weighted by Crippen LogP contribution is -1.95. The molecule has 2 rings (SSSR count). The van der Waals surface area contributed by atoms with Gasteiger partial charge < -0.3 is 9.47 Å². The molecule has 4 nitrogen and oxygen atoms in total. The Morgan fingerprint density at radius 3 is 2.61 bits per heavy atom. The first-order valence-electron chi connectivity index (χ1n) is 4.96. The highest BCUT2D eigenvalue weighted by atomic mass is 32.1. The first-order valence-corrected chi connectivity index (χ1v) is 5.77. The molecule has 18 heavy (non-hydrogen) atoms. The van der Waals surface area contributed by atoms with Crippen molar-refractivity contribution in [1.82, 2.24) is 0 Å². The summed E-state index contributed by atoms with van der Waals surface area (Å²) in [5.41, 5.74) is 0. The van der Waals surface area contributed by atoms with Crippen molar-refractivity contribution in [2.45, 2.75) is 0 Å². The van der Waals surface area contributed by atoms with Crippen LogP contribution in [0.15, 0.2) is 12.1 Å². The van der Waals surface area contributed by atoms with Gasteiger partial charge in [-0.2, -0.15) is 0 Å². The standard InChI is InChI=1S/C12H9FO4S/c1-16-8-4-9-6(11(13)12(8)17-2)3-10(18-9)7(15)5-14/h3-5H,1-2H3. The molecule has 6 heteroatoms. The SMILES string of the molecule is COc1cc2sc(C(=O)C=O)cc2c(F)c1OC. The predicted molar refractivity (Wildman–Crippen MR) is 65.3 cm³/mol. The number of ether oxygens (including phenoxy) is 2. The molecule has 2 aromatic rings. The molecule has 0 aliphatic rings. The van der Waals surface area contributed by atoms with Crippen molar-refractivity contribution in [2.75, 3.05) is 14.2 Å². The monoisotopic (exact) mass is 268 g/mol. The molecular weight excluding hydrogens is 259 g/mol. The summed E-state index contributed by atoms with van der Waals surface area (Å²) in [4.78, 5) is 21.9. The average molecular weight is 268 g/mol.